The van der Waals surface area contributed by atoms with E-state index in [4.69, 9.17) is 20.4 Å². The van der Waals surface area contributed by atoms with E-state index in [1.165, 1.54) is 4.68 Å². The molecule has 1 aliphatic rings. The van der Waals surface area contributed by atoms with E-state index in [1.54, 1.807) is 6.21 Å². The first-order valence-corrected chi connectivity index (χ1v) is 11.3. The Bertz CT molecular complexity index is 1340. The average Bonchev–Trinajstić information content (AvgIpc) is 3.42. The number of aromatic nitrogens is 3. The van der Waals surface area contributed by atoms with Crippen LogP contribution in [0.1, 0.15) is 48.5 Å². The van der Waals surface area contributed by atoms with Crippen molar-refractivity contribution in [1.82, 2.24) is 20.0 Å². The van der Waals surface area contributed by atoms with Crippen LogP contribution in [0, 0.1) is 0 Å². The van der Waals surface area contributed by atoms with Crippen LogP contribution in [-0.2, 0) is 0 Å². The Morgan fingerprint density at radius 3 is 2.55 bits per heavy atom. The van der Waals surface area contributed by atoms with E-state index in [1.807, 2.05) is 55.5 Å². The Hall–Kier alpha value is -3.94. The highest BCUT2D eigenvalue weighted by Gasteiger charge is 2.26. The average molecular weight is 443 g/mol. The number of para-hydroxylation sites is 2. The number of nitrogens with one attached hydrogen (secondary N) is 1. The first-order chi connectivity index (χ1) is 16.1. The molecule has 2 aromatic carbocycles. The molecule has 168 valence electrons. The number of carbonyl (C=O) groups excluding carboxylic acids is 1. The molecule has 5 rings (SSSR count). The standard InChI is InChI=1S/C25H26N6O2/c1-2-33-18-13-11-16(12-14-18)15-27-31-23(26)21(25(32)28-17-7-3-4-8-17)22-24(31)30-20-10-6-5-9-19(20)29-22/h5-6,9-15,17H,2-4,7-8,26H2,1H3,(H,28,32). The molecule has 1 saturated carbocycles. The Balaban J connectivity index is 1.58. The van der Waals surface area contributed by atoms with Crippen LogP contribution in [0.25, 0.3) is 22.2 Å². The summed E-state index contributed by atoms with van der Waals surface area (Å²) in [6, 6.07) is 15.3. The normalized spacial score (nSPS) is 14.5. The van der Waals surface area contributed by atoms with E-state index in [9.17, 15) is 4.79 Å². The summed E-state index contributed by atoms with van der Waals surface area (Å²) in [5.41, 5.74) is 9.97. The molecule has 2 heterocycles. The molecule has 0 bridgehead atoms. The number of nitrogens with two attached hydrogens (primary N) is 1. The molecular formula is C25H26N6O2. The molecule has 3 N–H and O–H groups in total. The highest BCUT2D eigenvalue weighted by atomic mass is 16.5. The highest BCUT2D eigenvalue weighted by Crippen LogP contribution is 2.28. The third-order valence-electron chi connectivity index (χ3n) is 5.90. The lowest BCUT2D eigenvalue weighted by Crippen LogP contribution is -2.33. The molecule has 2 aromatic heterocycles. The fraction of sp³-hybridized carbons (Fsp3) is 0.280. The van der Waals surface area contributed by atoms with Gasteiger partial charge < -0.3 is 15.8 Å². The van der Waals surface area contributed by atoms with Gasteiger partial charge in [0.05, 0.1) is 23.9 Å². The lowest BCUT2D eigenvalue weighted by atomic mass is 10.2. The molecule has 0 aliphatic heterocycles. The van der Waals surface area contributed by atoms with Crippen molar-refractivity contribution in [3.63, 3.8) is 0 Å². The van der Waals surface area contributed by atoms with E-state index in [0.717, 1.165) is 37.0 Å². The molecule has 1 fully saturated rings. The number of hydrogen-bond donors (Lipinski definition) is 2. The zero-order chi connectivity index (χ0) is 22.8. The van der Waals surface area contributed by atoms with Crippen LogP contribution in [0.3, 0.4) is 0 Å². The van der Waals surface area contributed by atoms with Crippen molar-refractivity contribution in [2.45, 2.75) is 38.6 Å². The summed E-state index contributed by atoms with van der Waals surface area (Å²) in [6.07, 6.45) is 5.89. The number of rotatable bonds is 6. The molecule has 0 unspecified atom stereocenters. The van der Waals surface area contributed by atoms with Gasteiger partial charge in [0.15, 0.2) is 5.65 Å². The second-order valence-corrected chi connectivity index (χ2v) is 8.16. The maximum atomic E-state index is 13.2. The van der Waals surface area contributed by atoms with Gasteiger partial charge in [0.2, 0.25) is 0 Å². The number of ether oxygens (including phenoxy) is 1. The van der Waals surface area contributed by atoms with Gasteiger partial charge in [0.25, 0.3) is 5.91 Å². The fourth-order valence-corrected chi connectivity index (χ4v) is 4.26. The number of hydrogen-bond acceptors (Lipinski definition) is 6. The number of carbonyl (C=O) groups is 1. The maximum absolute atomic E-state index is 13.2. The lowest BCUT2D eigenvalue weighted by molar-refractivity contribution is 0.0940. The molecule has 8 heteroatoms. The van der Waals surface area contributed by atoms with Crippen molar-refractivity contribution in [3.8, 4) is 5.75 Å². The zero-order valence-corrected chi connectivity index (χ0v) is 18.5. The van der Waals surface area contributed by atoms with Crippen LogP contribution in [0.2, 0.25) is 0 Å². The van der Waals surface area contributed by atoms with Crippen LogP contribution in [0.4, 0.5) is 5.82 Å². The minimum atomic E-state index is -0.232. The smallest absolute Gasteiger partial charge is 0.257 e. The van der Waals surface area contributed by atoms with Crippen molar-refractivity contribution >= 4 is 40.1 Å². The summed E-state index contributed by atoms with van der Waals surface area (Å²) < 4.78 is 6.99. The van der Waals surface area contributed by atoms with Crippen LogP contribution < -0.4 is 15.8 Å². The van der Waals surface area contributed by atoms with Gasteiger partial charge in [-0.1, -0.05) is 25.0 Å². The van der Waals surface area contributed by atoms with Crippen LogP contribution in [0.15, 0.2) is 53.6 Å². The predicted molar refractivity (Wildman–Crippen MR) is 130 cm³/mol. The Kier molecular flexibility index (Phi) is 5.64. The molecule has 0 saturated heterocycles. The molecule has 4 aromatic rings. The Labute approximate surface area is 191 Å². The summed E-state index contributed by atoms with van der Waals surface area (Å²) in [7, 11) is 0. The van der Waals surface area contributed by atoms with E-state index in [-0.39, 0.29) is 17.8 Å². The fourth-order valence-electron chi connectivity index (χ4n) is 4.26. The van der Waals surface area contributed by atoms with E-state index >= 15 is 0 Å². The number of amides is 1. The molecular weight excluding hydrogens is 416 g/mol. The van der Waals surface area contributed by atoms with Crippen LogP contribution in [0.5, 0.6) is 5.75 Å². The number of fused-ring (bicyclic) bond motifs is 2. The van der Waals surface area contributed by atoms with E-state index in [0.29, 0.717) is 34.4 Å². The van der Waals surface area contributed by atoms with Gasteiger partial charge in [-0.3, -0.25) is 4.79 Å². The number of nitrogen functional groups attached to an aromatic ring is 1. The first-order valence-electron chi connectivity index (χ1n) is 11.3. The maximum Gasteiger partial charge on any atom is 0.257 e. The van der Waals surface area contributed by atoms with Crippen molar-refractivity contribution < 1.29 is 9.53 Å². The lowest BCUT2D eigenvalue weighted by Gasteiger charge is -2.11. The summed E-state index contributed by atoms with van der Waals surface area (Å²) in [6.45, 7) is 2.55. The summed E-state index contributed by atoms with van der Waals surface area (Å²) >= 11 is 0. The molecule has 33 heavy (non-hydrogen) atoms. The molecule has 1 aliphatic carbocycles. The SMILES string of the molecule is CCOc1ccc(C=Nn2c(N)c(C(=O)NC3CCCC3)c3nc4ccccc4nc32)cc1. The van der Waals surface area contributed by atoms with Gasteiger partial charge in [-0.25, -0.2) is 9.97 Å². The van der Waals surface area contributed by atoms with Gasteiger partial charge >= 0.3 is 0 Å². The zero-order valence-electron chi connectivity index (χ0n) is 18.5. The van der Waals surface area contributed by atoms with Gasteiger partial charge in [-0.15, -0.1) is 0 Å². The van der Waals surface area contributed by atoms with Gasteiger partial charge in [0, 0.05) is 6.04 Å². The summed E-state index contributed by atoms with van der Waals surface area (Å²) in [5.74, 6) is 0.783. The van der Waals surface area contributed by atoms with Crippen molar-refractivity contribution in [3.05, 3.63) is 59.7 Å². The van der Waals surface area contributed by atoms with Crippen LogP contribution in [-0.4, -0.2) is 39.4 Å². The van der Waals surface area contributed by atoms with Crippen molar-refractivity contribution in [1.29, 1.82) is 0 Å². The molecule has 8 nitrogen and oxygen atoms in total. The largest absolute Gasteiger partial charge is 0.494 e. The Morgan fingerprint density at radius 2 is 1.85 bits per heavy atom. The minimum Gasteiger partial charge on any atom is -0.494 e. The first kappa shape index (κ1) is 20.9. The Morgan fingerprint density at radius 1 is 1.15 bits per heavy atom. The van der Waals surface area contributed by atoms with Crippen LogP contribution >= 0.6 is 0 Å². The third-order valence-corrected chi connectivity index (χ3v) is 5.90. The van der Waals surface area contributed by atoms with Crippen molar-refractivity contribution in [2.24, 2.45) is 5.10 Å². The summed E-state index contributed by atoms with van der Waals surface area (Å²) in [4.78, 5) is 22.7. The number of anilines is 1. The molecule has 0 atom stereocenters. The third kappa shape index (κ3) is 4.11. The second-order valence-electron chi connectivity index (χ2n) is 8.16. The van der Waals surface area contributed by atoms with Gasteiger partial charge in [0.1, 0.15) is 22.6 Å². The number of nitrogens with zero attached hydrogens (tertiary/aromatic N) is 4. The van der Waals surface area contributed by atoms with Gasteiger partial charge in [-0.05, 0) is 61.7 Å². The highest BCUT2D eigenvalue weighted by molar-refractivity contribution is 6.10. The molecule has 1 amide bonds. The topological polar surface area (TPSA) is 107 Å². The monoisotopic (exact) mass is 442 g/mol. The predicted octanol–water partition coefficient (Wildman–Crippen LogP) is 4.12. The van der Waals surface area contributed by atoms with E-state index < -0.39 is 0 Å². The second kappa shape index (κ2) is 8.90. The number of benzene rings is 2. The van der Waals surface area contributed by atoms with E-state index in [2.05, 4.69) is 10.4 Å². The minimum absolute atomic E-state index is 0.163. The van der Waals surface area contributed by atoms with Crippen molar-refractivity contribution in [2.75, 3.05) is 12.3 Å². The quantitative estimate of drug-likeness (QED) is 0.437. The molecule has 0 radical (unpaired) electrons. The molecule has 0 spiro atoms. The summed E-state index contributed by atoms with van der Waals surface area (Å²) in [5, 5.41) is 7.68. The van der Waals surface area contributed by atoms with Gasteiger partial charge in [-0.2, -0.15) is 9.78 Å².